The lowest BCUT2D eigenvalue weighted by molar-refractivity contribution is 0.583. The highest BCUT2D eigenvalue weighted by Gasteiger charge is 2.07. The third-order valence-corrected chi connectivity index (χ3v) is 4.28. The molecule has 0 saturated heterocycles. The molecule has 0 unspecified atom stereocenters. The van der Waals surface area contributed by atoms with Crippen LogP contribution in [0.15, 0.2) is 30.3 Å². The van der Waals surface area contributed by atoms with E-state index >= 15 is 0 Å². The van der Waals surface area contributed by atoms with Crippen molar-refractivity contribution in [3.63, 3.8) is 0 Å². The van der Waals surface area contributed by atoms with Crippen molar-refractivity contribution in [3.05, 3.63) is 35.9 Å². The Balaban J connectivity index is 2.49. The summed E-state index contributed by atoms with van der Waals surface area (Å²) in [7, 11) is -3.09. The summed E-state index contributed by atoms with van der Waals surface area (Å²) >= 11 is 2.05. The van der Waals surface area contributed by atoms with Crippen LogP contribution < -0.4 is 4.72 Å². The normalized spacial score (nSPS) is 11.5. The van der Waals surface area contributed by atoms with Gasteiger partial charge in [-0.3, -0.25) is 0 Å². The largest absolute Gasteiger partial charge is 0.212 e. The van der Waals surface area contributed by atoms with Crippen molar-refractivity contribution in [3.8, 4) is 0 Å². The molecule has 1 aromatic carbocycles. The number of nitrogens with one attached hydrogen (secondary N) is 1. The number of hydrogen-bond acceptors (Lipinski definition) is 2. The summed E-state index contributed by atoms with van der Waals surface area (Å²) in [4.78, 5) is 0. The number of benzene rings is 1. The summed E-state index contributed by atoms with van der Waals surface area (Å²) in [6.07, 6.45) is 0. The average molecular weight is 325 g/mol. The summed E-state index contributed by atoms with van der Waals surface area (Å²) < 4.78 is 25.7. The molecule has 5 heteroatoms. The molecule has 1 N–H and O–H groups in total. The quantitative estimate of drug-likeness (QED) is 0.659. The molecule has 0 bridgehead atoms. The van der Waals surface area contributed by atoms with Crippen LogP contribution in [0.5, 0.6) is 0 Å². The van der Waals surface area contributed by atoms with Gasteiger partial charge in [0.15, 0.2) is 0 Å². The maximum absolute atomic E-state index is 11.3. The van der Waals surface area contributed by atoms with Crippen molar-refractivity contribution in [2.45, 2.75) is 6.54 Å². The Morgan fingerprint density at radius 2 is 1.86 bits per heavy atom. The van der Waals surface area contributed by atoms with Gasteiger partial charge in [-0.25, -0.2) is 13.1 Å². The van der Waals surface area contributed by atoms with E-state index in [-0.39, 0.29) is 5.75 Å². The maximum atomic E-state index is 11.3. The molecule has 0 amide bonds. The number of halogens is 1. The standard InChI is InChI=1S/C9H12INO2S/c10-6-7-14(12,13)11-8-9-4-2-1-3-5-9/h1-5,11H,6-8H2. The van der Waals surface area contributed by atoms with Gasteiger partial charge in [-0.15, -0.1) is 0 Å². The first kappa shape index (κ1) is 11.9. The zero-order chi connectivity index (χ0) is 10.4. The minimum atomic E-state index is -3.09. The topological polar surface area (TPSA) is 46.2 Å². The number of rotatable bonds is 5. The third kappa shape index (κ3) is 4.39. The molecule has 0 atom stereocenters. The van der Waals surface area contributed by atoms with Gasteiger partial charge in [-0.2, -0.15) is 0 Å². The zero-order valence-electron chi connectivity index (χ0n) is 7.61. The molecule has 0 aliphatic carbocycles. The molecule has 0 saturated carbocycles. The Hall–Kier alpha value is -0.140. The van der Waals surface area contributed by atoms with E-state index in [1.54, 1.807) is 0 Å². The molecule has 78 valence electrons. The minimum absolute atomic E-state index is 0.181. The van der Waals surface area contributed by atoms with E-state index in [1.165, 1.54) is 0 Å². The Morgan fingerprint density at radius 1 is 1.21 bits per heavy atom. The fourth-order valence-electron chi connectivity index (χ4n) is 0.963. The molecule has 0 aliphatic rings. The minimum Gasteiger partial charge on any atom is -0.212 e. The van der Waals surface area contributed by atoms with E-state index < -0.39 is 10.0 Å². The average Bonchev–Trinajstić information content (AvgIpc) is 2.17. The molecule has 1 aromatic rings. The van der Waals surface area contributed by atoms with Crippen molar-refractivity contribution < 1.29 is 8.42 Å². The molecule has 14 heavy (non-hydrogen) atoms. The van der Waals surface area contributed by atoms with Crippen LogP contribution in [0.25, 0.3) is 0 Å². The van der Waals surface area contributed by atoms with E-state index in [2.05, 4.69) is 4.72 Å². The first-order valence-electron chi connectivity index (χ1n) is 4.21. The molecule has 0 fully saturated rings. The van der Waals surface area contributed by atoms with Gasteiger partial charge in [-0.1, -0.05) is 52.9 Å². The molecule has 0 aromatic heterocycles. The van der Waals surface area contributed by atoms with Crippen LogP contribution in [-0.4, -0.2) is 18.6 Å². The Bertz CT molecular complexity index is 364. The van der Waals surface area contributed by atoms with Gasteiger partial charge in [0.05, 0.1) is 5.75 Å². The first-order valence-corrected chi connectivity index (χ1v) is 7.39. The molecule has 0 radical (unpaired) electrons. The van der Waals surface area contributed by atoms with E-state index in [9.17, 15) is 8.42 Å². The highest BCUT2D eigenvalue weighted by atomic mass is 127. The van der Waals surface area contributed by atoms with Crippen molar-refractivity contribution >= 4 is 32.6 Å². The smallest absolute Gasteiger partial charge is 0.212 e. The van der Waals surface area contributed by atoms with Crippen molar-refractivity contribution in [1.29, 1.82) is 0 Å². The van der Waals surface area contributed by atoms with Crippen LogP contribution in [0.3, 0.4) is 0 Å². The van der Waals surface area contributed by atoms with Crippen LogP contribution in [0.2, 0.25) is 0 Å². The second-order valence-electron chi connectivity index (χ2n) is 2.81. The molecular formula is C9H12INO2S. The second kappa shape index (κ2) is 5.67. The second-order valence-corrected chi connectivity index (χ2v) is 5.82. The summed E-state index contributed by atoms with van der Waals surface area (Å²) in [6, 6.07) is 9.48. The van der Waals surface area contributed by atoms with Crippen LogP contribution in [-0.2, 0) is 16.6 Å². The first-order chi connectivity index (χ1) is 6.64. The van der Waals surface area contributed by atoms with Gasteiger partial charge in [0, 0.05) is 11.0 Å². The van der Waals surface area contributed by atoms with Crippen molar-refractivity contribution in [1.82, 2.24) is 4.72 Å². The third-order valence-electron chi connectivity index (χ3n) is 1.68. The number of hydrogen-bond donors (Lipinski definition) is 1. The Labute approximate surface area is 98.1 Å². The highest BCUT2D eigenvalue weighted by molar-refractivity contribution is 14.1. The molecule has 3 nitrogen and oxygen atoms in total. The Morgan fingerprint density at radius 3 is 2.43 bits per heavy atom. The van der Waals surface area contributed by atoms with Crippen molar-refractivity contribution in [2.24, 2.45) is 0 Å². The zero-order valence-corrected chi connectivity index (χ0v) is 10.6. The highest BCUT2D eigenvalue weighted by Crippen LogP contribution is 1.99. The van der Waals surface area contributed by atoms with E-state index in [0.717, 1.165) is 5.56 Å². The fourth-order valence-corrected chi connectivity index (χ4v) is 3.44. The molecular weight excluding hydrogens is 313 g/mol. The summed E-state index contributed by atoms with van der Waals surface area (Å²) in [5, 5.41) is 0. The lowest BCUT2D eigenvalue weighted by atomic mass is 10.2. The van der Waals surface area contributed by atoms with Crippen LogP contribution in [0.1, 0.15) is 5.56 Å². The van der Waals surface area contributed by atoms with Gasteiger partial charge < -0.3 is 0 Å². The lowest BCUT2D eigenvalue weighted by Gasteiger charge is -2.04. The fraction of sp³-hybridized carbons (Fsp3) is 0.333. The number of sulfonamides is 1. The van der Waals surface area contributed by atoms with Crippen molar-refractivity contribution in [2.75, 3.05) is 10.2 Å². The van der Waals surface area contributed by atoms with E-state index in [4.69, 9.17) is 0 Å². The molecule has 0 heterocycles. The monoisotopic (exact) mass is 325 g/mol. The predicted octanol–water partition coefficient (Wildman–Crippen LogP) is 1.54. The predicted molar refractivity (Wildman–Crippen MR) is 66.0 cm³/mol. The van der Waals surface area contributed by atoms with Gasteiger partial charge >= 0.3 is 0 Å². The van der Waals surface area contributed by atoms with Crippen LogP contribution in [0, 0.1) is 0 Å². The maximum Gasteiger partial charge on any atom is 0.212 e. The Kier molecular flexibility index (Phi) is 4.83. The summed E-state index contributed by atoms with van der Waals surface area (Å²) in [5.41, 5.74) is 0.976. The van der Waals surface area contributed by atoms with Crippen LogP contribution in [0.4, 0.5) is 0 Å². The van der Waals surface area contributed by atoms with Gasteiger partial charge in [-0.05, 0) is 5.56 Å². The van der Waals surface area contributed by atoms with Gasteiger partial charge in [0.25, 0.3) is 0 Å². The van der Waals surface area contributed by atoms with Crippen LogP contribution >= 0.6 is 22.6 Å². The molecule has 1 rings (SSSR count). The lowest BCUT2D eigenvalue weighted by Crippen LogP contribution is -2.26. The van der Waals surface area contributed by atoms with Gasteiger partial charge in [0.1, 0.15) is 0 Å². The number of alkyl halides is 1. The SMILES string of the molecule is O=S(=O)(CCI)NCc1ccccc1. The summed E-state index contributed by atoms with van der Waals surface area (Å²) in [5.74, 6) is 0.181. The van der Waals surface area contributed by atoms with E-state index in [1.807, 2.05) is 52.9 Å². The summed E-state index contributed by atoms with van der Waals surface area (Å²) in [6.45, 7) is 0.375. The molecule has 0 aliphatic heterocycles. The van der Waals surface area contributed by atoms with E-state index in [0.29, 0.717) is 11.0 Å². The van der Waals surface area contributed by atoms with Gasteiger partial charge in [0.2, 0.25) is 10.0 Å². The molecule has 0 spiro atoms.